The first-order chi connectivity index (χ1) is 11.9. The quantitative estimate of drug-likeness (QED) is 0.839. The molecule has 25 heavy (non-hydrogen) atoms. The van der Waals surface area contributed by atoms with Crippen LogP contribution in [-0.2, 0) is 4.79 Å². The number of aliphatic hydroxyl groups excluding tert-OH is 1. The maximum Gasteiger partial charge on any atom is 0.227 e. The number of halogens is 2. The maximum atomic E-state index is 13.8. The lowest BCUT2D eigenvalue weighted by Gasteiger charge is -2.24. The largest absolute Gasteiger partial charge is 0.388 e. The highest BCUT2D eigenvalue weighted by molar-refractivity contribution is 5.83. The van der Waals surface area contributed by atoms with Crippen LogP contribution in [-0.4, -0.2) is 17.6 Å². The summed E-state index contributed by atoms with van der Waals surface area (Å²) < 4.78 is 27.7. The van der Waals surface area contributed by atoms with Crippen molar-refractivity contribution in [2.24, 2.45) is 5.41 Å². The molecule has 0 radical (unpaired) electrons. The summed E-state index contributed by atoms with van der Waals surface area (Å²) >= 11 is 0. The molecule has 3 rings (SSSR count). The van der Waals surface area contributed by atoms with Gasteiger partial charge in [-0.15, -0.1) is 0 Å². The second-order valence-corrected chi connectivity index (χ2v) is 6.75. The van der Waals surface area contributed by atoms with Crippen molar-refractivity contribution in [2.45, 2.75) is 31.8 Å². The Kier molecular flexibility index (Phi) is 4.86. The molecule has 0 spiro atoms. The van der Waals surface area contributed by atoms with Crippen molar-refractivity contribution in [3.8, 4) is 0 Å². The Morgan fingerprint density at radius 2 is 1.72 bits per heavy atom. The van der Waals surface area contributed by atoms with Gasteiger partial charge in [0.05, 0.1) is 12.0 Å². The van der Waals surface area contributed by atoms with Crippen LogP contribution < -0.4 is 5.32 Å². The van der Waals surface area contributed by atoms with E-state index in [1.165, 1.54) is 13.0 Å². The summed E-state index contributed by atoms with van der Waals surface area (Å²) in [6.45, 7) is 1.76. The van der Waals surface area contributed by atoms with Gasteiger partial charge in [-0.3, -0.25) is 4.79 Å². The van der Waals surface area contributed by atoms with Gasteiger partial charge in [-0.05, 0) is 37.5 Å². The zero-order valence-corrected chi connectivity index (χ0v) is 14.0. The van der Waals surface area contributed by atoms with Gasteiger partial charge in [-0.25, -0.2) is 8.78 Å². The molecule has 2 aromatic rings. The second-order valence-electron chi connectivity index (χ2n) is 6.75. The first kappa shape index (κ1) is 17.5. The van der Waals surface area contributed by atoms with Crippen LogP contribution in [0, 0.1) is 17.0 Å². The Morgan fingerprint density at radius 3 is 2.28 bits per heavy atom. The third kappa shape index (κ3) is 3.56. The molecule has 5 heteroatoms. The van der Waals surface area contributed by atoms with E-state index in [4.69, 9.17) is 0 Å². The predicted molar refractivity (Wildman–Crippen MR) is 90.9 cm³/mol. The average Bonchev–Trinajstić information content (AvgIpc) is 3.40. The number of aliphatic hydroxyl groups is 1. The van der Waals surface area contributed by atoms with E-state index in [1.54, 1.807) is 0 Å². The Balaban J connectivity index is 1.66. The van der Waals surface area contributed by atoms with Gasteiger partial charge in [-0.2, -0.15) is 0 Å². The highest BCUT2D eigenvalue weighted by Gasteiger charge is 2.49. The van der Waals surface area contributed by atoms with Gasteiger partial charge in [0, 0.05) is 17.5 Å². The summed E-state index contributed by atoms with van der Waals surface area (Å²) in [5, 5.41) is 13.4. The third-order valence-corrected chi connectivity index (χ3v) is 5.03. The molecule has 0 saturated heterocycles. The highest BCUT2D eigenvalue weighted by atomic mass is 19.1. The Hall–Kier alpha value is -2.27. The van der Waals surface area contributed by atoms with Crippen LogP contribution in [0.4, 0.5) is 8.78 Å². The minimum Gasteiger partial charge on any atom is -0.388 e. The number of hydrogen-bond donors (Lipinski definition) is 2. The zero-order chi connectivity index (χ0) is 18.0. The number of rotatable bonds is 6. The lowest BCUT2D eigenvalue weighted by molar-refractivity contribution is -0.122. The summed E-state index contributed by atoms with van der Waals surface area (Å²) in [6.07, 6.45) is 0.923. The molecule has 0 aliphatic heterocycles. The molecule has 2 aromatic carbocycles. The molecule has 3 nitrogen and oxygen atoms in total. The van der Waals surface area contributed by atoms with Crippen molar-refractivity contribution in [1.82, 2.24) is 5.32 Å². The van der Waals surface area contributed by atoms with Crippen molar-refractivity contribution in [3.63, 3.8) is 0 Å². The Labute approximate surface area is 145 Å². The Bertz CT molecular complexity index is 739. The molecule has 0 bridgehead atoms. The summed E-state index contributed by atoms with van der Waals surface area (Å²) in [7, 11) is 0. The van der Waals surface area contributed by atoms with Crippen molar-refractivity contribution < 1.29 is 18.7 Å². The SMILES string of the molecule is CC(C(=O)NCC1(C(O)c2ccccc2)CC1)c1c(F)cccc1F. The molecule has 1 aliphatic carbocycles. The van der Waals surface area contributed by atoms with E-state index in [9.17, 15) is 18.7 Å². The number of amides is 1. The van der Waals surface area contributed by atoms with Crippen molar-refractivity contribution >= 4 is 5.91 Å². The third-order valence-electron chi connectivity index (χ3n) is 5.03. The van der Waals surface area contributed by atoms with Crippen molar-refractivity contribution in [2.75, 3.05) is 6.54 Å². The number of carbonyl (C=O) groups excluding carboxylic acids is 1. The van der Waals surface area contributed by atoms with Crippen LogP contribution in [0.1, 0.15) is 42.9 Å². The lowest BCUT2D eigenvalue weighted by Crippen LogP contribution is -2.36. The van der Waals surface area contributed by atoms with Gasteiger partial charge in [0.25, 0.3) is 0 Å². The molecule has 2 atom stereocenters. The smallest absolute Gasteiger partial charge is 0.227 e. The highest BCUT2D eigenvalue weighted by Crippen LogP contribution is 2.54. The number of carbonyl (C=O) groups is 1. The lowest BCUT2D eigenvalue weighted by atomic mass is 9.92. The summed E-state index contributed by atoms with van der Waals surface area (Å²) in [6, 6.07) is 12.9. The fourth-order valence-electron chi connectivity index (χ4n) is 3.17. The number of hydrogen-bond acceptors (Lipinski definition) is 2. The zero-order valence-electron chi connectivity index (χ0n) is 14.0. The van der Waals surface area contributed by atoms with Crippen molar-refractivity contribution in [1.29, 1.82) is 0 Å². The second kappa shape index (κ2) is 6.92. The number of benzene rings is 2. The van der Waals surface area contributed by atoms with Crippen LogP contribution in [0.15, 0.2) is 48.5 Å². The molecule has 1 saturated carbocycles. The molecular formula is C20H21F2NO2. The predicted octanol–water partition coefficient (Wildman–Crippen LogP) is 3.70. The van der Waals surface area contributed by atoms with Crippen LogP contribution in [0.5, 0.6) is 0 Å². The van der Waals surface area contributed by atoms with Gasteiger partial charge in [0.1, 0.15) is 11.6 Å². The standard InChI is InChI=1S/C20H21F2NO2/c1-13(17-15(21)8-5-9-16(17)22)19(25)23-12-20(10-11-20)18(24)14-6-3-2-4-7-14/h2-9,13,18,24H,10-12H2,1H3,(H,23,25). The first-order valence-corrected chi connectivity index (χ1v) is 8.39. The molecule has 0 aromatic heterocycles. The van der Waals surface area contributed by atoms with E-state index in [1.807, 2.05) is 30.3 Å². The van der Waals surface area contributed by atoms with Gasteiger partial charge in [0.15, 0.2) is 0 Å². The fraction of sp³-hybridized carbons (Fsp3) is 0.350. The summed E-state index contributed by atoms with van der Waals surface area (Å²) in [4.78, 5) is 12.4. The molecule has 2 N–H and O–H groups in total. The van der Waals surface area contributed by atoms with E-state index >= 15 is 0 Å². The molecule has 2 unspecified atom stereocenters. The summed E-state index contributed by atoms with van der Waals surface area (Å²) in [5.74, 6) is -2.84. The van der Waals surface area contributed by atoms with Gasteiger partial charge >= 0.3 is 0 Å². The van der Waals surface area contributed by atoms with E-state index in [0.29, 0.717) is 0 Å². The van der Waals surface area contributed by atoms with E-state index in [-0.39, 0.29) is 12.1 Å². The first-order valence-electron chi connectivity index (χ1n) is 8.39. The number of nitrogens with one attached hydrogen (secondary N) is 1. The summed E-state index contributed by atoms with van der Waals surface area (Å²) in [5.41, 5.74) is 0.181. The topological polar surface area (TPSA) is 49.3 Å². The van der Waals surface area contributed by atoms with Crippen LogP contribution in [0.2, 0.25) is 0 Å². The molecule has 1 fully saturated rings. The van der Waals surface area contributed by atoms with Crippen LogP contribution >= 0.6 is 0 Å². The van der Waals surface area contributed by atoms with Crippen molar-refractivity contribution in [3.05, 3.63) is 71.3 Å². The van der Waals surface area contributed by atoms with E-state index in [0.717, 1.165) is 30.5 Å². The monoisotopic (exact) mass is 345 g/mol. The fourth-order valence-corrected chi connectivity index (χ4v) is 3.17. The molecule has 132 valence electrons. The minimum atomic E-state index is -0.939. The molecule has 1 amide bonds. The Morgan fingerprint density at radius 1 is 1.12 bits per heavy atom. The van der Waals surface area contributed by atoms with Gasteiger partial charge < -0.3 is 10.4 Å². The van der Waals surface area contributed by atoms with E-state index < -0.39 is 35.0 Å². The normalized spacial score (nSPS) is 17.6. The van der Waals surface area contributed by atoms with Gasteiger partial charge in [0.2, 0.25) is 5.91 Å². The molecule has 0 heterocycles. The van der Waals surface area contributed by atoms with E-state index in [2.05, 4.69) is 5.32 Å². The van der Waals surface area contributed by atoms with Crippen LogP contribution in [0.3, 0.4) is 0 Å². The molecule has 1 aliphatic rings. The van der Waals surface area contributed by atoms with Gasteiger partial charge in [-0.1, -0.05) is 36.4 Å². The minimum absolute atomic E-state index is 0.228. The average molecular weight is 345 g/mol. The molecular weight excluding hydrogens is 324 g/mol. The maximum absolute atomic E-state index is 13.8. The van der Waals surface area contributed by atoms with Crippen LogP contribution in [0.25, 0.3) is 0 Å².